The van der Waals surface area contributed by atoms with Crippen LogP contribution < -0.4 is 0 Å². The van der Waals surface area contributed by atoms with Gasteiger partial charge in [-0.15, -0.1) is 0 Å². The van der Waals surface area contributed by atoms with Crippen molar-refractivity contribution >= 4 is 5.97 Å². The maximum absolute atomic E-state index is 11.3. The molecule has 17 heavy (non-hydrogen) atoms. The Balaban J connectivity index is 3.34. The molecule has 0 aromatic carbocycles. The summed E-state index contributed by atoms with van der Waals surface area (Å²) in [5.74, 6) is -0.0531. The average molecular weight is 243 g/mol. The van der Waals surface area contributed by atoms with Gasteiger partial charge in [-0.05, 0) is 51.7 Å². The summed E-state index contributed by atoms with van der Waals surface area (Å²) < 4.78 is 5.18. The number of unbranched alkanes of at least 4 members (excludes halogenated alkanes) is 1. The van der Waals surface area contributed by atoms with Crippen LogP contribution >= 0.6 is 0 Å². The average Bonchev–Trinajstić information content (AvgIpc) is 2.14. The van der Waals surface area contributed by atoms with Crippen LogP contribution in [0.2, 0.25) is 0 Å². The van der Waals surface area contributed by atoms with Crippen LogP contribution in [0.4, 0.5) is 0 Å². The third-order valence-electron chi connectivity index (χ3n) is 2.57. The molecule has 3 heteroatoms. The van der Waals surface area contributed by atoms with Crippen LogP contribution in [0.1, 0.15) is 52.9 Å². The number of hydrogen-bond acceptors (Lipinski definition) is 3. The van der Waals surface area contributed by atoms with E-state index in [1.54, 1.807) is 0 Å². The molecule has 3 nitrogen and oxygen atoms in total. The summed E-state index contributed by atoms with van der Waals surface area (Å²) in [6, 6.07) is 0. The van der Waals surface area contributed by atoms with Crippen LogP contribution in [0.5, 0.6) is 0 Å². The standard InChI is InChI=1S/C14H29NO2/c1-14(2,3)10-6-7-12-17-13(16)9-8-11-15(4)5/h6-12H2,1-5H3. The van der Waals surface area contributed by atoms with Crippen molar-refractivity contribution in [2.24, 2.45) is 5.41 Å². The fraction of sp³-hybridized carbons (Fsp3) is 0.929. The van der Waals surface area contributed by atoms with E-state index in [2.05, 4.69) is 25.7 Å². The normalized spacial score (nSPS) is 11.9. The Hall–Kier alpha value is -0.570. The molecule has 0 aliphatic rings. The van der Waals surface area contributed by atoms with E-state index >= 15 is 0 Å². The molecule has 0 saturated heterocycles. The Morgan fingerprint density at radius 2 is 1.76 bits per heavy atom. The van der Waals surface area contributed by atoms with Crippen LogP contribution in [-0.4, -0.2) is 38.1 Å². The Morgan fingerprint density at radius 1 is 1.12 bits per heavy atom. The maximum Gasteiger partial charge on any atom is 0.305 e. The molecule has 0 bridgehead atoms. The van der Waals surface area contributed by atoms with Crippen molar-refractivity contribution < 1.29 is 9.53 Å². The van der Waals surface area contributed by atoms with E-state index in [1.807, 2.05) is 14.1 Å². The number of hydrogen-bond donors (Lipinski definition) is 0. The molecule has 0 fully saturated rings. The summed E-state index contributed by atoms with van der Waals surface area (Å²) in [6.07, 6.45) is 4.72. The van der Waals surface area contributed by atoms with Gasteiger partial charge in [-0.3, -0.25) is 4.79 Å². The van der Waals surface area contributed by atoms with Gasteiger partial charge in [-0.1, -0.05) is 20.8 Å². The van der Waals surface area contributed by atoms with Crippen molar-refractivity contribution in [3.8, 4) is 0 Å². The summed E-state index contributed by atoms with van der Waals surface area (Å²) in [5.41, 5.74) is 0.385. The Kier molecular flexibility index (Phi) is 8.23. The predicted octanol–water partition coefficient (Wildman–Crippen LogP) is 3.09. The topological polar surface area (TPSA) is 29.5 Å². The summed E-state index contributed by atoms with van der Waals surface area (Å²) >= 11 is 0. The quantitative estimate of drug-likeness (QED) is 0.484. The lowest BCUT2D eigenvalue weighted by Crippen LogP contribution is -2.15. The highest BCUT2D eigenvalue weighted by Crippen LogP contribution is 2.21. The lowest BCUT2D eigenvalue weighted by molar-refractivity contribution is -0.143. The summed E-state index contributed by atoms with van der Waals surface area (Å²) in [5, 5.41) is 0. The van der Waals surface area contributed by atoms with Gasteiger partial charge in [-0.25, -0.2) is 0 Å². The number of carbonyl (C=O) groups is 1. The monoisotopic (exact) mass is 243 g/mol. The Morgan fingerprint density at radius 3 is 2.29 bits per heavy atom. The van der Waals surface area contributed by atoms with E-state index < -0.39 is 0 Å². The second-order valence-electron chi connectivity index (χ2n) is 6.15. The third kappa shape index (κ3) is 13.4. The SMILES string of the molecule is CN(C)CCCC(=O)OCCCCC(C)(C)C. The first-order valence-corrected chi connectivity index (χ1v) is 6.61. The molecule has 0 aromatic rings. The zero-order valence-corrected chi connectivity index (χ0v) is 12.2. The molecule has 0 amide bonds. The first-order chi connectivity index (χ1) is 7.81. The Labute approximate surface area is 107 Å². The van der Waals surface area contributed by atoms with E-state index in [0.717, 1.165) is 25.8 Å². The highest BCUT2D eigenvalue weighted by Gasteiger charge is 2.09. The molecule has 0 spiro atoms. The summed E-state index contributed by atoms with van der Waals surface area (Å²) in [4.78, 5) is 13.4. The van der Waals surface area contributed by atoms with Gasteiger partial charge in [-0.2, -0.15) is 0 Å². The number of esters is 1. The minimum Gasteiger partial charge on any atom is -0.466 e. The molecule has 0 saturated carbocycles. The zero-order chi connectivity index (χ0) is 13.3. The minimum atomic E-state index is -0.0531. The van der Waals surface area contributed by atoms with Crippen LogP contribution in [0.25, 0.3) is 0 Å². The fourth-order valence-electron chi connectivity index (χ4n) is 1.56. The van der Waals surface area contributed by atoms with Crippen LogP contribution in [0.15, 0.2) is 0 Å². The molecule has 0 aromatic heterocycles. The summed E-state index contributed by atoms with van der Waals surface area (Å²) in [6.45, 7) is 8.23. The van der Waals surface area contributed by atoms with Gasteiger partial charge >= 0.3 is 5.97 Å². The molecule has 102 valence electrons. The third-order valence-corrected chi connectivity index (χ3v) is 2.57. The van der Waals surface area contributed by atoms with Gasteiger partial charge in [0.05, 0.1) is 6.61 Å². The molecule has 0 rings (SSSR count). The molecule has 0 N–H and O–H groups in total. The first-order valence-electron chi connectivity index (χ1n) is 6.61. The van der Waals surface area contributed by atoms with Gasteiger partial charge in [0, 0.05) is 6.42 Å². The molecular formula is C14H29NO2. The van der Waals surface area contributed by atoms with Crippen molar-refractivity contribution in [3.63, 3.8) is 0 Å². The van der Waals surface area contributed by atoms with Crippen molar-refractivity contribution in [1.82, 2.24) is 4.90 Å². The number of rotatable bonds is 8. The molecule has 0 heterocycles. The van der Waals surface area contributed by atoms with E-state index in [1.165, 1.54) is 6.42 Å². The van der Waals surface area contributed by atoms with Gasteiger partial charge in [0.25, 0.3) is 0 Å². The van der Waals surface area contributed by atoms with Crippen LogP contribution in [0, 0.1) is 5.41 Å². The molecular weight excluding hydrogens is 214 g/mol. The zero-order valence-electron chi connectivity index (χ0n) is 12.2. The highest BCUT2D eigenvalue weighted by molar-refractivity contribution is 5.69. The van der Waals surface area contributed by atoms with Crippen LogP contribution in [0.3, 0.4) is 0 Å². The molecule has 0 radical (unpaired) electrons. The van der Waals surface area contributed by atoms with Crippen LogP contribution in [-0.2, 0) is 9.53 Å². The lowest BCUT2D eigenvalue weighted by Gasteiger charge is -2.17. The Bertz CT molecular complexity index is 207. The minimum absolute atomic E-state index is 0.0531. The maximum atomic E-state index is 11.3. The van der Waals surface area contributed by atoms with Crippen molar-refractivity contribution in [3.05, 3.63) is 0 Å². The first kappa shape index (κ1) is 16.4. The largest absolute Gasteiger partial charge is 0.466 e. The molecule has 0 unspecified atom stereocenters. The number of ether oxygens (including phenoxy) is 1. The second kappa shape index (κ2) is 8.51. The molecule has 0 aliphatic carbocycles. The fourth-order valence-corrected chi connectivity index (χ4v) is 1.56. The van der Waals surface area contributed by atoms with Gasteiger partial charge in [0.15, 0.2) is 0 Å². The van der Waals surface area contributed by atoms with Gasteiger partial charge < -0.3 is 9.64 Å². The molecule has 0 aliphatic heterocycles. The lowest BCUT2D eigenvalue weighted by atomic mass is 9.90. The van der Waals surface area contributed by atoms with E-state index in [9.17, 15) is 4.79 Å². The van der Waals surface area contributed by atoms with Crippen molar-refractivity contribution in [2.45, 2.75) is 52.9 Å². The number of carbonyl (C=O) groups excluding carboxylic acids is 1. The smallest absolute Gasteiger partial charge is 0.305 e. The van der Waals surface area contributed by atoms with Crippen molar-refractivity contribution in [1.29, 1.82) is 0 Å². The van der Waals surface area contributed by atoms with E-state index in [4.69, 9.17) is 4.74 Å². The second-order valence-corrected chi connectivity index (χ2v) is 6.15. The van der Waals surface area contributed by atoms with Gasteiger partial charge in [0.1, 0.15) is 0 Å². The summed E-state index contributed by atoms with van der Waals surface area (Å²) in [7, 11) is 4.02. The van der Waals surface area contributed by atoms with E-state index in [-0.39, 0.29) is 5.97 Å². The van der Waals surface area contributed by atoms with E-state index in [0.29, 0.717) is 18.4 Å². The van der Waals surface area contributed by atoms with Gasteiger partial charge in [0.2, 0.25) is 0 Å². The molecule has 0 atom stereocenters. The predicted molar refractivity (Wildman–Crippen MR) is 72.1 cm³/mol. The van der Waals surface area contributed by atoms with Crippen molar-refractivity contribution in [2.75, 3.05) is 27.2 Å². The highest BCUT2D eigenvalue weighted by atomic mass is 16.5. The number of nitrogens with zero attached hydrogens (tertiary/aromatic N) is 1.